The summed E-state index contributed by atoms with van der Waals surface area (Å²) in [5, 5.41) is 15.6. The van der Waals surface area contributed by atoms with Crippen molar-refractivity contribution in [3.63, 3.8) is 0 Å². The molecule has 3 nitrogen and oxygen atoms in total. The largest absolute Gasteiger partial charge is 0.507 e. The summed E-state index contributed by atoms with van der Waals surface area (Å²) >= 11 is 1.73. The lowest BCUT2D eigenvalue weighted by Crippen LogP contribution is -2.21. The van der Waals surface area contributed by atoms with E-state index in [2.05, 4.69) is 23.7 Å². The van der Waals surface area contributed by atoms with E-state index in [4.69, 9.17) is 4.74 Å². The van der Waals surface area contributed by atoms with Gasteiger partial charge in [-0.1, -0.05) is 12.1 Å². The first-order chi connectivity index (χ1) is 9.11. The monoisotopic (exact) mass is 277 g/mol. The average molecular weight is 277 g/mol. The molecule has 2 rings (SSSR count). The summed E-state index contributed by atoms with van der Waals surface area (Å²) in [6, 6.07) is 9.90. The molecule has 4 heteroatoms. The molecule has 0 fully saturated rings. The van der Waals surface area contributed by atoms with Crippen molar-refractivity contribution in [2.24, 2.45) is 0 Å². The minimum atomic E-state index is 0.0722. The Morgan fingerprint density at radius 1 is 1.21 bits per heavy atom. The quantitative estimate of drug-likeness (QED) is 0.871. The second-order valence-corrected chi connectivity index (χ2v) is 5.53. The fourth-order valence-electron chi connectivity index (χ4n) is 2.10. The predicted molar refractivity (Wildman–Crippen MR) is 78.9 cm³/mol. The van der Waals surface area contributed by atoms with Crippen LogP contribution in [-0.2, 0) is 0 Å². The zero-order valence-electron chi connectivity index (χ0n) is 11.4. The molecule has 19 heavy (non-hydrogen) atoms. The number of hydrogen-bond acceptors (Lipinski definition) is 4. The van der Waals surface area contributed by atoms with Crippen LogP contribution in [-0.4, -0.2) is 12.2 Å². The van der Waals surface area contributed by atoms with Gasteiger partial charge in [0.05, 0.1) is 7.11 Å². The lowest BCUT2D eigenvalue weighted by Gasteiger charge is -2.20. The van der Waals surface area contributed by atoms with Gasteiger partial charge in [0.1, 0.15) is 11.5 Å². The SMILES string of the molecule is COc1ccc(C(C)N[C@@H](C)c2cccs2)c(O)c1. The normalized spacial score (nSPS) is 14.1. The number of phenolic OH excluding ortho intramolecular Hbond substituents is 1. The molecule has 2 aromatic rings. The third-order valence-electron chi connectivity index (χ3n) is 3.17. The smallest absolute Gasteiger partial charge is 0.124 e. The Morgan fingerprint density at radius 2 is 2.00 bits per heavy atom. The Morgan fingerprint density at radius 3 is 2.58 bits per heavy atom. The van der Waals surface area contributed by atoms with Crippen molar-refractivity contribution in [1.82, 2.24) is 5.32 Å². The molecule has 1 unspecified atom stereocenters. The van der Waals surface area contributed by atoms with Crippen molar-refractivity contribution < 1.29 is 9.84 Å². The molecule has 1 aromatic carbocycles. The van der Waals surface area contributed by atoms with Gasteiger partial charge >= 0.3 is 0 Å². The Hall–Kier alpha value is -1.52. The van der Waals surface area contributed by atoms with Crippen molar-refractivity contribution in [2.45, 2.75) is 25.9 Å². The highest BCUT2D eigenvalue weighted by Gasteiger charge is 2.15. The molecule has 1 heterocycles. The Balaban J connectivity index is 2.09. The number of benzene rings is 1. The van der Waals surface area contributed by atoms with Crippen LogP contribution in [0.25, 0.3) is 0 Å². The van der Waals surface area contributed by atoms with Crippen molar-refractivity contribution in [2.75, 3.05) is 7.11 Å². The number of phenols is 1. The molecule has 1 aromatic heterocycles. The van der Waals surface area contributed by atoms with Crippen molar-refractivity contribution in [3.05, 3.63) is 46.2 Å². The summed E-state index contributed by atoms with van der Waals surface area (Å²) in [6.07, 6.45) is 0. The average Bonchev–Trinajstić information content (AvgIpc) is 2.92. The van der Waals surface area contributed by atoms with Gasteiger partial charge in [-0.3, -0.25) is 0 Å². The van der Waals surface area contributed by atoms with E-state index in [-0.39, 0.29) is 17.8 Å². The van der Waals surface area contributed by atoms with Crippen LogP contribution >= 0.6 is 11.3 Å². The lowest BCUT2D eigenvalue weighted by molar-refractivity contribution is 0.402. The fraction of sp³-hybridized carbons (Fsp3) is 0.333. The number of nitrogens with one attached hydrogen (secondary N) is 1. The number of thiophene rings is 1. The maximum absolute atomic E-state index is 10.0. The molecule has 0 saturated heterocycles. The molecule has 0 saturated carbocycles. The van der Waals surface area contributed by atoms with Crippen molar-refractivity contribution >= 4 is 11.3 Å². The molecule has 0 aliphatic heterocycles. The van der Waals surface area contributed by atoms with Gasteiger partial charge in [-0.2, -0.15) is 0 Å². The molecule has 0 aliphatic rings. The van der Waals surface area contributed by atoms with Gasteiger partial charge in [-0.25, -0.2) is 0 Å². The van der Waals surface area contributed by atoms with Crippen LogP contribution in [0.4, 0.5) is 0 Å². The van der Waals surface area contributed by atoms with Gasteiger partial charge in [0.2, 0.25) is 0 Å². The van der Waals surface area contributed by atoms with Crippen LogP contribution < -0.4 is 10.1 Å². The number of rotatable bonds is 5. The van der Waals surface area contributed by atoms with Gasteiger partial charge < -0.3 is 15.2 Å². The molecule has 0 aliphatic carbocycles. The zero-order valence-corrected chi connectivity index (χ0v) is 12.2. The molecule has 0 bridgehead atoms. The molecular formula is C15H19NO2S. The Labute approximate surface area is 117 Å². The first-order valence-corrected chi connectivity index (χ1v) is 7.16. The second kappa shape index (κ2) is 6.08. The third kappa shape index (κ3) is 3.28. The molecule has 2 N–H and O–H groups in total. The van der Waals surface area contributed by atoms with Crippen LogP contribution in [0.15, 0.2) is 35.7 Å². The summed E-state index contributed by atoms with van der Waals surface area (Å²) in [5.74, 6) is 0.928. The van der Waals surface area contributed by atoms with E-state index < -0.39 is 0 Å². The summed E-state index contributed by atoms with van der Waals surface area (Å²) in [5.41, 5.74) is 0.879. The van der Waals surface area contributed by atoms with Crippen LogP contribution in [0, 0.1) is 0 Å². The molecule has 2 atom stereocenters. The highest BCUT2D eigenvalue weighted by atomic mass is 32.1. The van der Waals surface area contributed by atoms with Gasteiger partial charge in [0.25, 0.3) is 0 Å². The van der Waals surface area contributed by atoms with E-state index in [0.717, 1.165) is 5.56 Å². The van der Waals surface area contributed by atoms with Gasteiger partial charge in [-0.15, -0.1) is 11.3 Å². The molecule has 0 radical (unpaired) electrons. The van der Waals surface area contributed by atoms with E-state index in [1.54, 1.807) is 24.5 Å². The van der Waals surface area contributed by atoms with Crippen LogP contribution in [0.1, 0.15) is 36.4 Å². The van der Waals surface area contributed by atoms with Gasteiger partial charge in [0, 0.05) is 28.6 Å². The molecular weight excluding hydrogens is 258 g/mol. The molecule has 0 spiro atoms. The van der Waals surface area contributed by atoms with E-state index in [0.29, 0.717) is 5.75 Å². The van der Waals surface area contributed by atoms with E-state index in [1.807, 2.05) is 25.1 Å². The number of aromatic hydroxyl groups is 1. The van der Waals surface area contributed by atoms with E-state index in [1.165, 1.54) is 4.88 Å². The summed E-state index contributed by atoms with van der Waals surface area (Å²) < 4.78 is 5.09. The van der Waals surface area contributed by atoms with Crippen LogP contribution in [0.5, 0.6) is 11.5 Å². The Bertz CT molecular complexity index is 525. The van der Waals surface area contributed by atoms with Gasteiger partial charge in [0.15, 0.2) is 0 Å². The Kier molecular flexibility index (Phi) is 4.45. The summed E-state index contributed by atoms with van der Waals surface area (Å²) in [7, 11) is 1.59. The minimum Gasteiger partial charge on any atom is -0.507 e. The van der Waals surface area contributed by atoms with E-state index in [9.17, 15) is 5.11 Å². The maximum atomic E-state index is 10.0. The standard InChI is InChI=1S/C15H19NO2S/c1-10(16-11(2)15-5-4-8-19-15)13-7-6-12(18-3)9-14(13)17/h4-11,16-17H,1-3H3/t10?,11-/m0/s1. The second-order valence-electron chi connectivity index (χ2n) is 4.55. The van der Waals surface area contributed by atoms with E-state index >= 15 is 0 Å². The molecule has 102 valence electrons. The summed E-state index contributed by atoms with van der Waals surface area (Å²) in [4.78, 5) is 1.29. The van der Waals surface area contributed by atoms with Crippen LogP contribution in [0.3, 0.4) is 0 Å². The summed E-state index contributed by atoms with van der Waals surface area (Å²) in [6.45, 7) is 4.18. The minimum absolute atomic E-state index is 0.0722. The zero-order chi connectivity index (χ0) is 13.8. The van der Waals surface area contributed by atoms with Crippen molar-refractivity contribution in [1.29, 1.82) is 0 Å². The van der Waals surface area contributed by atoms with Crippen molar-refractivity contribution in [3.8, 4) is 11.5 Å². The number of hydrogen-bond donors (Lipinski definition) is 2. The van der Waals surface area contributed by atoms with Gasteiger partial charge in [-0.05, 0) is 31.4 Å². The third-order valence-corrected chi connectivity index (χ3v) is 4.23. The fourth-order valence-corrected chi connectivity index (χ4v) is 2.84. The number of ether oxygens (including phenoxy) is 1. The predicted octanol–water partition coefficient (Wildman–Crippen LogP) is 3.87. The maximum Gasteiger partial charge on any atom is 0.124 e. The van der Waals surface area contributed by atoms with Crippen LogP contribution in [0.2, 0.25) is 0 Å². The highest BCUT2D eigenvalue weighted by Crippen LogP contribution is 2.30. The number of methoxy groups -OCH3 is 1. The highest BCUT2D eigenvalue weighted by molar-refractivity contribution is 7.10. The first kappa shape index (κ1) is 13.9. The topological polar surface area (TPSA) is 41.5 Å². The lowest BCUT2D eigenvalue weighted by atomic mass is 10.1. The first-order valence-electron chi connectivity index (χ1n) is 6.28. The molecule has 0 amide bonds.